The van der Waals surface area contributed by atoms with Crippen LogP contribution in [0, 0.1) is 17.8 Å². The van der Waals surface area contributed by atoms with E-state index in [1.165, 1.54) is 38.5 Å². The van der Waals surface area contributed by atoms with Crippen molar-refractivity contribution >= 4 is 5.91 Å². The smallest absolute Gasteiger partial charge is 0.225 e. The van der Waals surface area contributed by atoms with Crippen molar-refractivity contribution in [2.75, 3.05) is 13.1 Å². The molecule has 2 aliphatic rings. The first-order valence-electron chi connectivity index (χ1n) is 7.56. The second kappa shape index (κ2) is 5.88. The molecule has 2 rings (SSSR count). The van der Waals surface area contributed by atoms with Crippen molar-refractivity contribution in [3.8, 4) is 0 Å². The van der Waals surface area contributed by atoms with Gasteiger partial charge in [-0.3, -0.25) is 4.79 Å². The highest BCUT2D eigenvalue weighted by molar-refractivity contribution is 5.79. The summed E-state index contributed by atoms with van der Waals surface area (Å²) in [7, 11) is 0. The lowest BCUT2D eigenvalue weighted by molar-refractivity contribution is -0.140. The maximum Gasteiger partial charge on any atom is 0.225 e. The zero-order valence-electron chi connectivity index (χ0n) is 11.5. The van der Waals surface area contributed by atoms with E-state index in [1.54, 1.807) is 0 Å². The Balaban J connectivity index is 2.05. The van der Waals surface area contributed by atoms with Gasteiger partial charge in [0.1, 0.15) is 0 Å². The van der Waals surface area contributed by atoms with E-state index in [9.17, 15) is 4.79 Å². The Hall–Kier alpha value is -0.530. The Kier molecular flexibility index (Phi) is 4.47. The molecule has 0 radical (unpaired) electrons. The normalized spacial score (nSPS) is 32.9. The maximum absolute atomic E-state index is 12.5. The van der Waals surface area contributed by atoms with Gasteiger partial charge in [-0.15, -0.1) is 0 Å². The van der Waals surface area contributed by atoms with Crippen molar-refractivity contribution in [1.29, 1.82) is 0 Å². The molecule has 0 aromatic heterocycles. The lowest BCUT2D eigenvalue weighted by atomic mass is 9.65. The van der Waals surface area contributed by atoms with Gasteiger partial charge in [-0.25, -0.2) is 0 Å². The summed E-state index contributed by atoms with van der Waals surface area (Å²) in [5.41, 5.74) is 0. The first-order valence-corrected chi connectivity index (χ1v) is 7.56. The SMILES string of the molecule is CCN(CC)C(=O)C1CCCC2CCCCC21. The summed E-state index contributed by atoms with van der Waals surface area (Å²) in [6.07, 6.45) is 9.24. The molecule has 0 aromatic carbocycles. The van der Waals surface area contributed by atoms with Crippen LogP contribution in [0.2, 0.25) is 0 Å². The molecular weight excluding hydrogens is 210 g/mol. The van der Waals surface area contributed by atoms with Crippen LogP contribution >= 0.6 is 0 Å². The molecular formula is C15H27NO. The van der Waals surface area contributed by atoms with E-state index in [4.69, 9.17) is 0 Å². The fraction of sp³-hybridized carbons (Fsp3) is 0.933. The van der Waals surface area contributed by atoms with Gasteiger partial charge in [0.2, 0.25) is 5.91 Å². The first kappa shape index (κ1) is 12.9. The second-order valence-electron chi connectivity index (χ2n) is 5.76. The fourth-order valence-corrected chi connectivity index (χ4v) is 4.01. The monoisotopic (exact) mass is 237 g/mol. The lowest BCUT2D eigenvalue weighted by Crippen LogP contribution is -2.43. The van der Waals surface area contributed by atoms with Gasteiger partial charge in [0.05, 0.1) is 0 Å². The van der Waals surface area contributed by atoms with Gasteiger partial charge in [0.15, 0.2) is 0 Å². The van der Waals surface area contributed by atoms with Crippen molar-refractivity contribution in [2.24, 2.45) is 17.8 Å². The van der Waals surface area contributed by atoms with Crippen molar-refractivity contribution in [2.45, 2.75) is 58.8 Å². The maximum atomic E-state index is 12.5. The molecule has 3 atom stereocenters. The van der Waals surface area contributed by atoms with E-state index in [0.717, 1.165) is 25.4 Å². The quantitative estimate of drug-likeness (QED) is 0.736. The second-order valence-corrected chi connectivity index (χ2v) is 5.76. The van der Waals surface area contributed by atoms with Crippen molar-refractivity contribution in [3.63, 3.8) is 0 Å². The Labute approximate surface area is 106 Å². The van der Waals surface area contributed by atoms with Crippen LogP contribution in [-0.4, -0.2) is 23.9 Å². The van der Waals surface area contributed by atoms with Crippen LogP contribution in [0.1, 0.15) is 58.8 Å². The molecule has 0 saturated heterocycles. The van der Waals surface area contributed by atoms with E-state index >= 15 is 0 Å². The molecule has 0 heterocycles. The number of fused-ring (bicyclic) bond motifs is 1. The summed E-state index contributed by atoms with van der Waals surface area (Å²) in [5, 5.41) is 0. The van der Waals surface area contributed by atoms with Crippen molar-refractivity contribution in [3.05, 3.63) is 0 Å². The number of rotatable bonds is 3. The van der Waals surface area contributed by atoms with Gasteiger partial charge in [0, 0.05) is 19.0 Å². The third-order valence-electron chi connectivity index (χ3n) is 4.97. The fourth-order valence-electron chi connectivity index (χ4n) is 4.01. The number of nitrogens with zero attached hydrogens (tertiary/aromatic N) is 1. The molecule has 0 spiro atoms. The highest BCUT2D eigenvalue weighted by Crippen LogP contribution is 2.44. The van der Waals surface area contributed by atoms with E-state index in [0.29, 0.717) is 17.7 Å². The van der Waals surface area contributed by atoms with Gasteiger partial charge >= 0.3 is 0 Å². The molecule has 0 aliphatic heterocycles. The van der Waals surface area contributed by atoms with Crippen LogP contribution in [-0.2, 0) is 4.79 Å². The Morgan fingerprint density at radius 3 is 2.35 bits per heavy atom. The van der Waals surface area contributed by atoms with Crippen molar-refractivity contribution in [1.82, 2.24) is 4.90 Å². The number of hydrogen-bond acceptors (Lipinski definition) is 1. The molecule has 2 saturated carbocycles. The highest BCUT2D eigenvalue weighted by atomic mass is 16.2. The molecule has 98 valence electrons. The molecule has 1 amide bonds. The van der Waals surface area contributed by atoms with Crippen LogP contribution in [0.4, 0.5) is 0 Å². The highest BCUT2D eigenvalue weighted by Gasteiger charge is 2.39. The van der Waals surface area contributed by atoms with Crippen LogP contribution < -0.4 is 0 Å². The standard InChI is InChI=1S/C15H27NO/c1-3-16(4-2)15(17)14-11-7-9-12-8-5-6-10-13(12)14/h12-14H,3-11H2,1-2H3. The molecule has 0 aromatic rings. The number of carbonyl (C=O) groups excluding carboxylic acids is 1. The number of hydrogen-bond donors (Lipinski definition) is 0. The Bertz CT molecular complexity index is 258. The van der Waals surface area contributed by atoms with Gasteiger partial charge in [-0.1, -0.05) is 32.1 Å². The first-order chi connectivity index (χ1) is 8.27. The molecule has 2 aliphatic carbocycles. The van der Waals surface area contributed by atoms with Gasteiger partial charge < -0.3 is 4.90 Å². The lowest BCUT2D eigenvalue weighted by Gasteiger charge is -2.42. The topological polar surface area (TPSA) is 20.3 Å². The van der Waals surface area contributed by atoms with Gasteiger partial charge in [-0.05, 0) is 38.5 Å². The Morgan fingerprint density at radius 1 is 1.00 bits per heavy atom. The number of amides is 1. The van der Waals surface area contributed by atoms with Crippen LogP contribution in [0.3, 0.4) is 0 Å². The average Bonchev–Trinajstić information content (AvgIpc) is 2.39. The predicted molar refractivity (Wildman–Crippen MR) is 70.7 cm³/mol. The summed E-state index contributed by atoms with van der Waals surface area (Å²) in [4.78, 5) is 14.6. The summed E-state index contributed by atoms with van der Waals surface area (Å²) in [5.74, 6) is 2.38. The van der Waals surface area contributed by atoms with Crippen LogP contribution in [0.5, 0.6) is 0 Å². The van der Waals surface area contributed by atoms with E-state index in [-0.39, 0.29) is 0 Å². The molecule has 2 nitrogen and oxygen atoms in total. The average molecular weight is 237 g/mol. The van der Waals surface area contributed by atoms with Crippen LogP contribution in [0.15, 0.2) is 0 Å². The molecule has 17 heavy (non-hydrogen) atoms. The summed E-state index contributed by atoms with van der Waals surface area (Å²) in [6.45, 7) is 5.96. The minimum atomic E-state index is 0.356. The van der Waals surface area contributed by atoms with Gasteiger partial charge in [-0.2, -0.15) is 0 Å². The number of carbonyl (C=O) groups is 1. The molecule has 2 fully saturated rings. The van der Waals surface area contributed by atoms with Crippen molar-refractivity contribution < 1.29 is 4.79 Å². The third kappa shape index (κ3) is 2.66. The molecule has 0 N–H and O–H groups in total. The Morgan fingerprint density at radius 2 is 1.65 bits per heavy atom. The summed E-state index contributed by atoms with van der Waals surface area (Å²) < 4.78 is 0. The minimum Gasteiger partial charge on any atom is -0.343 e. The predicted octanol–water partition coefficient (Wildman–Crippen LogP) is 3.46. The summed E-state index contributed by atoms with van der Waals surface area (Å²) in [6, 6.07) is 0. The van der Waals surface area contributed by atoms with E-state index in [1.807, 2.05) is 4.90 Å². The van der Waals surface area contributed by atoms with Gasteiger partial charge in [0.25, 0.3) is 0 Å². The zero-order valence-corrected chi connectivity index (χ0v) is 11.5. The minimum absolute atomic E-state index is 0.356. The third-order valence-corrected chi connectivity index (χ3v) is 4.97. The molecule has 0 bridgehead atoms. The summed E-state index contributed by atoms with van der Waals surface area (Å²) >= 11 is 0. The largest absolute Gasteiger partial charge is 0.343 e. The molecule has 2 heteroatoms. The van der Waals surface area contributed by atoms with Crippen LogP contribution in [0.25, 0.3) is 0 Å². The zero-order chi connectivity index (χ0) is 12.3. The van der Waals surface area contributed by atoms with E-state index < -0.39 is 0 Å². The molecule has 3 unspecified atom stereocenters. The van der Waals surface area contributed by atoms with E-state index in [2.05, 4.69) is 13.8 Å².